The molecule has 19 heavy (non-hydrogen) atoms. The summed E-state index contributed by atoms with van der Waals surface area (Å²) in [6.45, 7) is 0. The lowest BCUT2D eigenvalue weighted by atomic mass is 10.0. The van der Waals surface area contributed by atoms with Crippen LogP contribution in [-0.2, 0) is 0 Å². The van der Waals surface area contributed by atoms with Crippen LogP contribution in [0.25, 0.3) is 0 Å². The fraction of sp³-hybridized carbons (Fsp3) is 0.400. The van der Waals surface area contributed by atoms with Gasteiger partial charge in [0.1, 0.15) is 0 Å². The molecule has 1 aromatic rings. The summed E-state index contributed by atoms with van der Waals surface area (Å²) in [6.07, 6.45) is -7.16. The van der Waals surface area contributed by atoms with E-state index in [0.29, 0.717) is 0 Å². The van der Waals surface area contributed by atoms with Crippen molar-refractivity contribution in [2.24, 2.45) is 5.73 Å². The molecule has 0 aliphatic rings. The minimum atomic E-state index is -4.65. The highest BCUT2D eigenvalue weighted by molar-refractivity contribution is 5.26. The van der Waals surface area contributed by atoms with Crippen LogP contribution in [0.1, 0.15) is 24.4 Å². The molecule has 108 valence electrons. The number of benzene rings is 1. The third-order valence-electron chi connectivity index (χ3n) is 2.35. The number of alkyl halides is 3. The first-order valence-electron chi connectivity index (χ1n) is 4.90. The summed E-state index contributed by atoms with van der Waals surface area (Å²) in [7, 11) is 0. The summed E-state index contributed by atoms with van der Waals surface area (Å²) >= 11 is 0. The second kappa shape index (κ2) is 5.32. The monoisotopic (exact) mass is 293 g/mol. The molecule has 9 heteroatoms. The largest absolute Gasteiger partial charge is 0.389 e. The van der Waals surface area contributed by atoms with Gasteiger partial charge in [-0.15, -0.1) is 0 Å². The Bertz CT molecular complexity index is 452. The number of hydrogen-bond donors (Lipinski definition) is 1. The molecule has 0 saturated carbocycles. The van der Waals surface area contributed by atoms with Gasteiger partial charge >= 0.3 is 6.18 Å². The molecular formula is C10H7F8N. The first kappa shape index (κ1) is 15.7. The van der Waals surface area contributed by atoms with Gasteiger partial charge in [0.2, 0.25) is 5.82 Å². The van der Waals surface area contributed by atoms with E-state index in [4.69, 9.17) is 5.73 Å². The first-order valence-corrected chi connectivity index (χ1v) is 4.90. The van der Waals surface area contributed by atoms with Gasteiger partial charge in [0.25, 0.3) is 0 Å². The predicted octanol–water partition coefficient (Wildman–Crippen LogP) is 3.72. The van der Waals surface area contributed by atoms with Crippen molar-refractivity contribution in [3.63, 3.8) is 0 Å². The van der Waals surface area contributed by atoms with Gasteiger partial charge in [0.05, 0.1) is 0 Å². The Labute approximate surface area is 102 Å². The smallest absolute Gasteiger partial charge is 0.324 e. The Balaban J connectivity index is 3.14. The van der Waals surface area contributed by atoms with Gasteiger partial charge in [-0.05, 0) is 6.42 Å². The molecule has 0 aliphatic carbocycles. The Kier molecular flexibility index (Phi) is 4.39. The van der Waals surface area contributed by atoms with Crippen molar-refractivity contribution >= 4 is 0 Å². The van der Waals surface area contributed by atoms with Crippen LogP contribution >= 0.6 is 0 Å². The minimum absolute atomic E-state index is 0.998. The molecule has 0 aromatic heterocycles. The molecule has 2 N–H and O–H groups in total. The number of halogens is 8. The molecule has 0 amide bonds. The van der Waals surface area contributed by atoms with Crippen molar-refractivity contribution in [1.82, 2.24) is 0 Å². The second-order valence-electron chi connectivity index (χ2n) is 3.74. The van der Waals surface area contributed by atoms with E-state index in [9.17, 15) is 35.1 Å². The van der Waals surface area contributed by atoms with Crippen LogP contribution < -0.4 is 5.73 Å². The summed E-state index contributed by atoms with van der Waals surface area (Å²) in [5.74, 6) is -11.3. The topological polar surface area (TPSA) is 26.0 Å². The van der Waals surface area contributed by atoms with Gasteiger partial charge < -0.3 is 5.73 Å². The lowest BCUT2D eigenvalue weighted by molar-refractivity contribution is -0.136. The molecule has 0 saturated heterocycles. The van der Waals surface area contributed by atoms with Crippen molar-refractivity contribution in [3.8, 4) is 0 Å². The Morgan fingerprint density at radius 2 is 1.16 bits per heavy atom. The van der Waals surface area contributed by atoms with E-state index in [-0.39, 0.29) is 0 Å². The van der Waals surface area contributed by atoms with E-state index in [0.717, 1.165) is 0 Å². The van der Waals surface area contributed by atoms with E-state index < -0.39 is 59.7 Å². The van der Waals surface area contributed by atoms with Crippen LogP contribution in [0, 0.1) is 29.1 Å². The highest BCUT2D eigenvalue weighted by Crippen LogP contribution is 2.31. The quantitative estimate of drug-likeness (QED) is 0.513. The molecule has 0 bridgehead atoms. The zero-order valence-corrected chi connectivity index (χ0v) is 9.09. The summed E-state index contributed by atoms with van der Waals surface area (Å²) in [5.41, 5.74) is 3.61. The number of hydrogen-bond acceptors (Lipinski definition) is 1. The van der Waals surface area contributed by atoms with E-state index >= 15 is 0 Å². The molecule has 0 fully saturated rings. The van der Waals surface area contributed by atoms with Crippen molar-refractivity contribution in [2.75, 3.05) is 0 Å². The summed E-state index contributed by atoms with van der Waals surface area (Å²) in [6, 6.07) is -1.95. The number of nitrogens with two attached hydrogens (primary N) is 1. The fourth-order valence-electron chi connectivity index (χ4n) is 1.41. The average molecular weight is 293 g/mol. The summed E-state index contributed by atoms with van der Waals surface area (Å²) in [4.78, 5) is 0. The molecule has 1 atom stereocenters. The maximum Gasteiger partial charge on any atom is 0.389 e. The second-order valence-corrected chi connectivity index (χ2v) is 3.74. The highest BCUT2D eigenvalue weighted by Gasteiger charge is 2.32. The third kappa shape index (κ3) is 3.34. The molecular weight excluding hydrogens is 286 g/mol. The molecule has 0 aliphatic heterocycles. The minimum Gasteiger partial charge on any atom is -0.324 e. The van der Waals surface area contributed by atoms with E-state index in [1.165, 1.54) is 0 Å². The van der Waals surface area contributed by atoms with Crippen LogP contribution in [0.15, 0.2) is 0 Å². The van der Waals surface area contributed by atoms with Crippen LogP contribution in [-0.4, -0.2) is 6.18 Å². The predicted molar refractivity (Wildman–Crippen MR) is 48.4 cm³/mol. The molecule has 1 aromatic carbocycles. The SMILES string of the molecule is NC(CCC(F)(F)F)c1c(F)c(F)c(F)c(F)c1F. The van der Waals surface area contributed by atoms with Crippen molar-refractivity contribution in [2.45, 2.75) is 25.1 Å². The van der Waals surface area contributed by atoms with Gasteiger partial charge in [-0.1, -0.05) is 0 Å². The molecule has 0 spiro atoms. The lowest BCUT2D eigenvalue weighted by Crippen LogP contribution is -2.20. The molecule has 1 nitrogen and oxygen atoms in total. The van der Waals surface area contributed by atoms with E-state index in [1.807, 2.05) is 0 Å². The average Bonchev–Trinajstić information content (AvgIpc) is 2.31. The zero-order chi connectivity index (χ0) is 15.0. The van der Waals surface area contributed by atoms with Gasteiger partial charge in [0.15, 0.2) is 23.3 Å². The van der Waals surface area contributed by atoms with Crippen LogP contribution in [0.3, 0.4) is 0 Å². The Hall–Kier alpha value is -1.38. The van der Waals surface area contributed by atoms with E-state index in [2.05, 4.69) is 0 Å². The summed E-state index contributed by atoms with van der Waals surface area (Å²) < 4.78 is 100. The Morgan fingerprint density at radius 3 is 1.53 bits per heavy atom. The maximum atomic E-state index is 13.2. The van der Waals surface area contributed by atoms with E-state index in [1.54, 1.807) is 0 Å². The maximum absolute atomic E-state index is 13.2. The lowest BCUT2D eigenvalue weighted by Gasteiger charge is -2.16. The molecule has 0 radical (unpaired) electrons. The van der Waals surface area contributed by atoms with Crippen LogP contribution in [0.2, 0.25) is 0 Å². The normalized spacial score (nSPS) is 13.7. The van der Waals surface area contributed by atoms with Gasteiger partial charge in [-0.2, -0.15) is 13.2 Å². The standard InChI is InChI=1S/C10H7F8N/c11-5-4(3(19)1-2-10(16,17)18)6(12)8(14)9(15)7(5)13/h3H,1-2,19H2. The van der Waals surface area contributed by atoms with Crippen molar-refractivity contribution in [3.05, 3.63) is 34.6 Å². The third-order valence-corrected chi connectivity index (χ3v) is 2.35. The highest BCUT2D eigenvalue weighted by atomic mass is 19.4. The summed E-state index contributed by atoms with van der Waals surface area (Å²) in [5, 5.41) is 0. The van der Waals surface area contributed by atoms with Crippen LogP contribution in [0.5, 0.6) is 0 Å². The molecule has 1 unspecified atom stereocenters. The number of rotatable bonds is 3. The molecule has 0 heterocycles. The first-order chi connectivity index (χ1) is 8.56. The zero-order valence-electron chi connectivity index (χ0n) is 9.09. The molecule has 1 rings (SSSR count). The van der Waals surface area contributed by atoms with Gasteiger partial charge in [-0.25, -0.2) is 22.0 Å². The van der Waals surface area contributed by atoms with Gasteiger partial charge in [0, 0.05) is 18.0 Å². The Morgan fingerprint density at radius 1 is 0.789 bits per heavy atom. The van der Waals surface area contributed by atoms with Crippen LogP contribution in [0.4, 0.5) is 35.1 Å². The van der Waals surface area contributed by atoms with Crippen molar-refractivity contribution < 1.29 is 35.1 Å². The van der Waals surface area contributed by atoms with Gasteiger partial charge in [-0.3, -0.25) is 0 Å². The fourth-order valence-corrected chi connectivity index (χ4v) is 1.41. The van der Waals surface area contributed by atoms with Crippen molar-refractivity contribution in [1.29, 1.82) is 0 Å².